The van der Waals surface area contributed by atoms with Crippen molar-refractivity contribution >= 4 is 11.6 Å². The summed E-state index contributed by atoms with van der Waals surface area (Å²) in [6.07, 6.45) is -2.02. The van der Waals surface area contributed by atoms with E-state index < -0.39 is 31.7 Å². The van der Waals surface area contributed by atoms with Gasteiger partial charge >= 0.3 is 12.3 Å². The second-order valence-corrected chi connectivity index (χ2v) is 4.31. The Kier molecular flexibility index (Phi) is 5.96. The molecule has 8 heteroatoms. The van der Waals surface area contributed by atoms with Gasteiger partial charge in [0.2, 0.25) is 0 Å². The molecule has 0 aliphatic rings. The average Bonchev–Trinajstić information content (AvgIpc) is 2.31. The van der Waals surface area contributed by atoms with Gasteiger partial charge in [-0.1, -0.05) is 11.6 Å². The molecule has 1 aromatic rings. The Labute approximate surface area is 112 Å². The first kappa shape index (κ1) is 16.1. The van der Waals surface area contributed by atoms with Gasteiger partial charge in [0, 0.05) is 18.8 Å². The van der Waals surface area contributed by atoms with Crippen LogP contribution < -0.4 is 0 Å². The quantitative estimate of drug-likeness (QED) is 0.787. The number of hydrogen-bond acceptors (Lipinski definition) is 3. The zero-order valence-corrected chi connectivity index (χ0v) is 10.5. The van der Waals surface area contributed by atoms with E-state index in [1.54, 1.807) is 6.07 Å². The van der Waals surface area contributed by atoms with Gasteiger partial charge in [0.15, 0.2) is 0 Å². The fourth-order valence-electron chi connectivity index (χ4n) is 1.28. The molecular weight excluding hydrogens is 290 g/mol. The molecule has 108 valence electrons. The maximum atomic E-state index is 12.5. The molecule has 19 heavy (non-hydrogen) atoms. The molecule has 1 atom stereocenters. The number of hydrogen-bond donors (Lipinski definition) is 1. The van der Waals surface area contributed by atoms with E-state index >= 15 is 0 Å². The summed E-state index contributed by atoms with van der Waals surface area (Å²) in [6.45, 7) is -1.92. The minimum atomic E-state index is -4.21. The van der Waals surface area contributed by atoms with E-state index in [-0.39, 0.29) is 6.42 Å². The van der Waals surface area contributed by atoms with Gasteiger partial charge < -0.3 is 9.84 Å². The van der Waals surface area contributed by atoms with Gasteiger partial charge in [0.25, 0.3) is 0 Å². The van der Waals surface area contributed by atoms with E-state index in [2.05, 4.69) is 9.72 Å². The Bertz CT molecular complexity index is 406. The standard InChI is InChI=1S/C11H12ClF4NO2/c12-9-4-17-2-1-7(9)3-8(18)5-19-6-11(15,16)10(13)14/h1-2,4,8,10,18H,3,5-6H2. The highest BCUT2D eigenvalue weighted by Gasteiger charge is 2.41. The average molecular weight is 302 g/mol. The molecule has 0 saturated heterocycles. The third-order valence-corrected chi connectivity index (χ3v) is 2.58. The topological polar surface area (TPSA) is 42.4 Å². The molecular formula is C11H12ClF4NO2. The molecule has 0 saturated carbocycles. The molecule has 1 heterocycles. The molecule has 3 nitrogen and oxygen atoms in total. The van der Waals surface area contributed by atoms with Gasteiger partial charge in [-0.2, -0.15) is 8.78 Å². The molecule has 0 fully saturated rings. The van der Waals surface area contributed by atoms with Gasteiger partial charge in [-0.3, -0.25) is 4.98 Å². The summed E-state index contributed by atoms with van der Waals surface area (Å²) in [6, 6.07) is 1.55. The lowest BCUT2D eigenvalue weighted by Crippen LogP contribution is -2.34. The minimum absolute atomic E-state index is 0.0571. The van der Waals surface area contributed by atoms with Crippen molar-refractivity contribution in [3.63, 3.8) is 0 Å². The highest BCUT2D eigenvalue weighted by atomic mass is 35.5. The number of aromatic nitrogens is 1. The van der Waals surface area contributed by atoms with Gasteiger partial charge in [-0.25, -0.2) is 8.78 Å². The normalized spacial score (nSPS) is 13.8. The molecule has 1 unspecified atom stereocenters. The Morgan fingerprint density at radius 2 is 2.11 bits per heavy atom. The number of ether oxygens (including phenoxy) is 1. The van der Waals surface area contributed by atoms with Crippen LogP contribution >= 0.6 is 11.6 Å². The van der Waals surface area contributed by atoms with Gasteiger partial charge in [-0.05, 0) is 11.6 Å². The smallest absolute Gasteiger partial charge is 0.330 e. The number of aliphatic hydroxyl groups is 1. The minimum Gasteiger partial charge on any atom is -0.390 e. The highest BCUT2D eigenvalue weighted by Crippen LogP contribution is 2.23. The van der Waals surface area contributed by atoms with Crippen molar-refractivity contribution in [1.82, 2.24) is 4.98 Å². The third kappa shape index (κ3) is 5.30. The van der Waals surface area contributed by atoms with Crippen LogP contribution in [0.4, 0.5) is 17.6 Å². The predicted molar refractivity (Wildman–Crippen MR) is 60.7 cm³/mol. The number of aliphatic hydroxyl groups excluding tert-OH is 1. The van der Waals surface area contributed by atoms with Gasteiger partial charge in [0.05, 0.1) is 17.7 Å². The van der Waals surface area contributed by atoms with Crippen molar-refractivity contribution in [2.45, 2.75) is 24.9 Å². The Hall–Kier alpha value is -0.920. The van der Waals surface area contributed by atoms with Crippen LogP contribution in [0.3, 0.4) is 0 Å². The molecule has 0 aliphatic heterocycles. The third-order valence-electron chi connectivity index (χ3n) is 2.24. The summed E-state index contributed by atoms with van der Waals surface area (Å²) < 4.78 is 53.0. The van der Waals surface area contributed by atoms with Crippen LogP contribution in [-0.2, 0) is 11.2 Å². The van der Waals surface area contributed by atoms with E-state index in [9.17, 15) is 22.7 Å². The van der Waals surface area contributed by atoms with Crippen molar-refractivity contribution in [2.24, 2.45) is 0 Å². The number of rotatable bonds is 7. The van der Waals surface area contributed by atoms with Crippen molar-refractivity contribution in [3.8, 4) is 0 Å². The lowest BCUT2D eigenvalue weighted by molar-refractivity contribution is -0.170. The molecule has 0 radical (unpaired) electrons. The number of nitrogens with zero attached hydrogens (tertiary/aromatic N) is 1. The zero-order chi connectivity index (χ0) is 14.5. The van der Waals surface area contributed by atoms with E-state index in [0.717, 1.165) is 0 Å². The molecule has 1 aromatic heterocycles. The first-order valence-electron chi connectivity index (χ1n) is 5.33. The van der Waals surface area contributed by atoms with Crippen molar-refractivity contribution in [1.29, 1.82) is 0 Å². The second kappa shape index (κ2) is 7.02. The van der Waals surface area contributed by atoms with Crippen LogP contribution in [0.2, 0.25) is 5.02 Å². The monoisotopic (exact) mass is 301 g/mol. The summed E-state index contributed by atoms with van der Waals surface area (Å²) >= 11 is 5.78. The van der Waals surface area contributed by atoms with Crippen LogP contribution in [0.25, 0.3) is 0 Å². The first-order chi connectivity index (χ1) is 8.83. The zero-order valence-electron chi connectivity index (χ0n) is 9.70. The van der Waals surface area contributed by atoms with Crippen molar-refractivity contribution in [2.75, 3.05) is 13.2 Å². The molecule has 0 amide bonds. The number of pyridine rings is 1. The van der Waals surface area contributed by atoms with Crippen LogP contribution in [0.5, 0.6) is 0 Å². The predicted octanol–water partition coefficient (Wildman–Crippen LogP) is 2.56. The van der Waals surface area contributed by atoms with Crippen LogP contribution in [0.15, 0.2) is 18.5 Å². The summed E-state index contributed by atoms with van der Waals surface area (Å²) in [5, 5.41) is 9.84. The highest BCUT2D eigenvalue weighted by molar-refractivity contribution is 6.31. The Balaban J connectivity index is 2.37. The van der Waals surface area contributed by atoms with E-state index in [1.165, 1.54) is 12.4 Å². The SMILES string of the molecule is OC(COCC(F)(F)C(F)F)Cc1ccncc1Cl. The molecule has 0 aromatic carbocycles. The van der Waals surface area contributed by atoms with Gasteiger partial charge in [0.1, 0.15) is 6.61 Å². The summed E-state index contributed by atoms with van der Waals surface area (Å²) in [5.74, 6) is -4.21. The maximum absolute atomic E-state index is 12.5. The maximum Gasteiger partial charge on any atom is 0.330 e. The van der Waals surface area contributed by atoms with E-state index in [0.29, 0.717) is 10.6 Å². The fourth-order valence-corrected chi connectivity index (χ4v) is 1.47. The Morgan fingerprint density at radius 3 is 2.68 bits per heavy atom. The van der Waals surface area contributed by atoms with Crippen LogP contribution in [-0.4, -0.2) is 41.8 Å². The molecule has 1 rings (SSSR count). The van der Waals surface area contributed by atoms with Crippen molar-refractivity contribution < 1.29 is 27.4 Å². The lowest BCUT2D eigenvalue weighted by Gasteiger charge is -2.17. The fraction of sp³-hybridized carbons (Fsp3) is 0.545. The second-order valence-electron chi connectivity index (χ2n) is 3.90. The molecule has 0 aliphatic carbocycles. The van der Waals surface area contributed by atoms with E-state index in [4.69, 9.17) is 11.6 Å². The van der Waals surface area contributed by atoms with E-state index in [1.807, 2.05) is 0 Å². The first-order valence-corrected chi connectivity index (χ1v) is 5.71. The largest absolute Gasteiger partial charge is 0.390 e. The summed E-state index contributed by atoms with van der Waals surface area (Å²) in [5.41, 5.74) is 0.563. The van der Waals surface area contributed by atoms with Crippen LogP contribution in [0, 0.1) is 0 Å². The van der Waals surface area contributed by atoms with Crippen LogP contribution in [0.1, 0.15) is 5.56 Å². The Morgan fingerprint density at radius 1 is 1.42 bits per heavy atom. The van der Waals surface area contributed by atoms with Crippen molar-refractivity contribution in [3.05, 3.63) is 29.0 Å². The van der Waals surface area contributed by atoms with Gasteiger partial charge in [-0.15, -0.1) is 0 Å². The molecule has 0 bridgehead atoms. The molecule has 1 N–H and O–H groups in total. The number of alkyl halides is 4. The lowest BCUT2D eigenvalue weighted by atomic mass is 10.1. The number of halogens is 5. The molecule has 0 spiro atoms. The summed E-state index contributed by atoms with van der Waals surface area (Å²) in [7, 11) is 0. The summed E-state index contributed by atoms with van der Waals surface area (Å²) in [4.78, 5) is 3.74.